The van der Waals surface area contributed by atoms with E-state index in [0.717, 1.165) is 0 Å². The largest absolute Gasteiger partial charge is 0.350 e. The summed E-state index contributed by atoms with van der Waals surface area (Å²) in [6, 6.07) is 0. The molecule has 0 rings (SSSR count). The first-order valence-corrected chi connectivity index (χ1v) is 6.54. The van der Waals surface area contributed by atoms with Crippen molar-refractivity contribution in [2.75, 3.05) is 13.6 Å². The lowest BCUT2D eigenvalue weighted by atomic mass is 9.74. The summed E-state index contributed by atoms with van der Waals surface area (Å²) in [4.78, 5) is 25.6. The molecule has 0 aromatic heterocycles. The van der Waals surface area contributed by atoms with Crippen molar-refractivity contribution in [2.24, 2.45) is 11.1 Å². The van der Waals surface area contributed by atoms with Crippen molar-refractivity contribution in [3.63, 3.8) is 0 Å². The molecule has 0 aliphatic rings. The molecule has 0 saturated carbocycles. The van der Waals surface area contributed by atoms with Gasteiger partial charge in [0, 0.05) is 18.1 Å². The van der Waals surface area contributed by atoms with Crippen molar-refractivity contribution in [3.05, 3.63) is 0 Å². The summed E-state index contributed by atoms with van der Waals surface area (Å²) in [6.07, 6.45) is 0. The third-order valence-electron chi connectivity index (χ3n) is 3.39. The van der Waals surface area contributed by atoms with Gasteiger partial charge in [-0.05, 0) is 48.5 Å². The van der Waals surface area contributed by atoms with E-state index in [2.05, 4.69) is 5.32 Å². The van der Waals surface area contributed by atoms with E-state index in [9.17, 15) is 9.59 Å². The van der Waals surface area contributed by atoms with Crippen LogP contribution in [0.15, 0.2) is 0 Å². The van der Waals surface area contributed by atoms with Gasteiger partial charge in [-0.2, -0.15) is 0 Å². The molecule has 112 valence electrons. The second kappa shape index (κ2) is 5.49. The molecule has 0 aliphatic carbocycles. The second-order valence-electron chi connectivity index (χ2n) is 7.31. The zero-order valence-corrected chi connectivity index (χ0v) is 13.5. The zero-order valence-electron chi connectivity index (χ0n) is 13.5. The van der Waals surface area contributed by atoms with Crippen molar-refractivity contribution in [2.45, 2.75) is 59.5 Å². The molecule has 0 bridgehead atoms. The highest BCUT2D eigenvalue weighted by atomic mass is 16.2. The predicted molar refractivity (Wildman–Crippen MR) is 77.6 cm³/mol. The minimum atomic E-state index is -0.732. The number of hydrogen-bond acceptors (Lipinski definition) is 3. The number of rotatable bonds is 4. The van der Waals surface area contributed by atoms with Crippen LogP contribution in [-0.2, 0) is 9.59 Å². The molecule has 0 aliphatic heterocycles. The summed E-state index contributed by atoms with van der Waals surface area (Å²) in [5, 5.41) is 2.83. The normalized spacial score (nSPS) is 13.1. The standard InChI is InChI=1S/C14H29N3O2/c1-12(2,3)16-10(18)9-17(8)11(19)13(4,5)14(6,7)15/h9,15H2,1-8H3,(H,16,18). The van der Waals surface area contributed by atoms with Crippen LogP contribution in [0.2, 0.25) is 0 Å². The maximum atomic E-state index is 12.4. The molecule has 0 unspecified atom stereocenters. The Morgan fingerprint density at radius 2 is 1.47 bits per heavy atom. The van der Waals surface area contributed by atoms with Crippen LogP contribution in [0, 0.1) is 5.41 Å². The Labute approximate surface area is 116 Å². The van der Waals surface area contributed by atoms with Crippen LogP contribution < -0.4 is 11.1 Å². The van der Waals surface area contributed by atoms with Gasteiger partial charge >= 0.3 is 0 Å². The van der Waals surface area contributed by atoms with Gasteiger partial charge in [-0.1, -0.05) is 0 Å². The molecular weight excluding hydrogens is 242 g/mol. The third kappa shape index (κ3) is 5.19. The van der Waals surface area contributed by atoms with E-state index in [1.54, 1.807) is 20.9 Å². The van der Waals surface area contributed by atoms with Crippen molar-refractivity contribution < 1.29 is 9.59 Å². The molecule has 5 nitrogen and oxygen atoms in total. The Kier molecular flexibility index (Phi) is 5.17. The first-order valence-electron chi connectivity index (χ1n) is 6.54. The molecule has 0 heterocycles. The molecule has 0 radical (unpaired) electrons. The minimum Gasteiger partial charge on any atom is -0.350 e. The number of amides is 2. The maximum absolute atomic E-state index is 12.4. The lowest BCUT2D eigenvalue weighted by Crippen LogP contribution is -2.57. The molecular formula is C14H29N3O2. The quantitative estimate of drug-likeness (QED) is 0.804. The molecule has 19 heavy (non-hydrogen) atoms. The SMILES string of the molecule is CN(CC(=O)NC(C)(C)C)C(=O)C(C)(C)C(C)(C)N. The summed E-state index contributed by atoms with van der Waals surface area (Å²) in [7, 11) is 1.62. The fraction of sp³-hybridized carbons (Fsp3) is 0.857. The summed E-state index contributed by atoms with van der Waals surface area (Å²) in [5.41, 5.74) is 4.35. The van der Waals surface area contributed by atoms with Gasteiger partial charge in [0.1, 0.15) is 0 Å². The van der Waals surface area contributed by atoms with Crippen molar-refractivity contribution in [3.8, 4) is 0 Å². The zero-order chi connectivity index (χ0) is 15.6. The van der Waals surface area contributed by atoms with Gasteiger partial charge in [-0.3, -0.25) is 9.59 Å². The number of nitrogens with one attached hydrogen (secondary N) is 1. The van der Waals surface area contributed by atoms with Crippen LogP contribution in [-0.4, -0.2) is 41.4 Å². The van der Waals surface area contributed by atoms with E-state index in [4.69, 9.17) is 5.73 Å². The summed E-state index contributed by atoms with van der Waals surface area (Å²) in [5.74, 6) is -0.307. The molecule has 0 aromatic rings. The number of carbonyl (C=O) groups excluding carboxylic acids is 2. The highest BCUT2D eigenvalue weighted by molar-refractivity contribution is 5.88. The highest BCUT2D eigenvalue weighted by Crippen LogP contribution is 2.30. The number of carbonyl (C=O) groups is 2. The fourth-order valence-corrected chi connectivity index (χ4v) is 1.50. The van der Waals surface area contributed by atoms with E-state index >= 15 is 0 Å². The van der Waals surface area contributed by atoms with E-state index in [-0.39, 0.29) is 23.9 Å². The number of likely N-dealkylation sites (N-methyl/N-ethyl adjacent to an activating group) is 1. The van der Waals surface area contributed by atoms with Gasteiger partial charge in [0.25, 0.3) is 0 Å². The monoisotopic (exact) mass is 271 g/mol. The van der Waals surface area contributed by atoms with E-state index in [1.165, 1.54) is 4.90 Å². The molecule has 2 amide bonds. The molecule has 3 N–H and O–H groups in total. The Morgan fingerprint density at radius 3 is 1.79 bits per heavy atom. The summed E-state index contributed by atoms with van der Waals surface area (Å²) >= 11 is 0. The van der Waals surface area contributed by atoms with E-state index in [0.29, 0.717) is 0 Å². The smallest absolute Gasteiger partial charge is 0.240 e. The topological polar surface area (TPSA) is 75.4 Å². The average molecular weight is 271 g/mol. The van der Waals surface area contributed by atoms with Gasteiger partial charge < -0.3 is 16.0 Å². The molecule has 0 fully saturated rings. The average Bonchev–Trinajstić information content (AvgIpc) is 2.10. The lowest BCUT2D eigenvalue weighted by molar-refractivity contribution is -0.145. The molecule has 0 aromatic carbocycles. The molecule has 0 spiro atoms. The lowest BCUT2D eigenvalue weighted by Gasteiger charge is -2.39. The highest BCUT2D eigenvalue weighted by Gasteiger charge is 2.42. The first-order chi connectivity index (χ1) is 8.18. The van der Waals surface area contributed by atoms with Gasteiger partial charge in [0.2, 0.25) is 11.8 Å². The van der Waals surface area contributed by atoms with Crippen LogP contribution in [0.4, 0.5) is 0 Å². The predicted octanol–water partition coefficient (Wildman–Crippen LogP) is 1.12. The fourth-order valence-electron chi connectivity index (χ4n) is 1.50. The van der Waals surface area contributed by atoms with E-state index < -0.39 is 11.0 Å². The van der Waals surface area contributed by atoms with Crippen LogP contribution >= 0.6 is 0 Å². The van der Waals surface area contributed by atoms with Gasteiger partial charge in [0.15, 0.2) is 0 Å². The van der Waals surface area contributed by atoms with Crippen molar-refractivity contribution in [1.29, 1.82) is 0 Å². The second-order valence-corrected chi connectivity index (χ2v) is 7.31. The van der Waals surface area contributed by atoms with Crippen LogP contribution in [0.1, 0.15) is 48.5 Å². The third-order valence-corrected chi connectivity index (χ3v) is 3.39. The summed E-state index contributed by atoms with van der Waals surface area (Å²) < 4.78 is 0. The Bertz CT molecular complexity index is 349. The molecule has 5 heteroatoms. The summed E-state index contributed by atoms with van der Waals surface area (Å²) in [6.45, 7) is 13.0. The van der Waals surface area contributed by atoms with Gasteiger partial charge in [-0.15, -0.1) is 0 Å². The van der Waals surface area contributed by atoms with Crippen molar-refractivity contribution in [1.82, 2.24) is 10.2 Å². The number of hydrogen-bond donors (Lipinski definition) is 2. The Balaban J connectivity index is 4.73. The minimum absolute atomic E-state index is 0.0373. The Morgan fingerprint density at radius 1 is 1.05 bits per heavy atom. The van der Waals surface area contributed by atoms with Crippen LogP contribution in [0.3, 0.4) is 0 Å². The maximum Gasteiger partial charge on any atom is 0.240 e. The first kappa shape index (κ1) is 17.9. The van der Waals surface area contributed by atoms with Crippen molar-refractivity contribution >= 4 is 11.8 Å². The van der Waals surface area contributed by atoms with Crippen LogP contribution in [0.25, 0.3) is 0 Å². The number of nitrogens with zero attached hydrogens (tertiary/aromatic N) is 1. The Hall–Kier alpha value is -1.10. The molecule has 0 atom stereocenters. The van der Waals surface area contributed by atoms with Gasteiger partial charge in [-0.25, -0.2) is 0 Å². The van der Waals surface area contributed by atoms with E-state index in [1.807, 2.05) is 34.6 Å². The van der Waals surface area contributed by atoms with Crippen LogP contribution in [0.5, 0.6) is 0 Å². The number of nitrogens with two attached hydrogens (primary N) is 1. The van der Waals surface area contributed by atoms with Gasteiger partial charge in [0.05, 0.1) is 12.0 Å². The molecule has 0 saturated heterocycles.